The summed E-state index contributed by atoms with van der Waals surface area (Å²) in [5.74, 6) is -2.94. The molecule has 7 nitrogen and oxygen atoms in total. The van der Waals surface area contributed by atoms with Gasteiger partial charge in [-0.15, -0.1) is 0 Å². The van der Waals surface area contributed by atoms with Crippen LogP contribution in [0.2, 0.25) is 0 Å². The first-order valence-corrected chi connectivity index (χ1v) is 9.83. The van der Waals surface area contributed by atoms with Crippen molar-refractivity contribution >= 4 is 28.5 Å². The zero-order chi connectivity index (χ0) is 22.0. The summed E-state index contributed by atoms with van der Waals surface area (Å²) in [6, 6.07) is 10.1. The Morgan fingerprint density at radius 2 is 1.90 bits per heavy atom. The number of para-hydroxylation sites is 1. The summed E-state index contributed by atoms with van der Waals surface area (Å²) in [5, 5.41) is 2.86. The van der Waals surface area contributed by atoms with Gasteiger partial charge in [0, 0.05) is 24.2 Å². The van der Waals surface area contributed by atoms with Crippen LogP contribution in [0, 0.1) is 11.6 Å². The molecular formula is C22H19F2N3O4. The van der Waals surface area contributed by atoms with Crippen molar-refractivity contribution in [2.24, 2.45) is 0 Å². The molecule has 0 bridgehead atoms. The van der Waals surface area contributed by atoms with Crippen LogP contribution in [0.15, 0.2) is 47.3 Å². The highest BCUT2D eigenvalue weighted by Crippen LogP contribution is 2.34. The molecule has 0 saturated heterocycles. The molecule has 0 atom stereocenters. The van der Waals surface area contributed by atoms with Crippen molar-refractivity contribution in [1.82, 2.24) is 9.55 Å². The van der Waals surface area contributed by atoms with Gasteiger partial charge < -0.3 is 10.1 Å². The lowest BCUT2D eigenvalue weighted by Crippen LogP contribution is -2.25. The summed E-state index contributed by atoms with van der Waals surface area (Å²) in [7, 11) is 0. The zero-order valence-electron chi connectivity index (χ0n) is 16.4. The van der Waals surface area contributed by atoms with Gasteiger partial charge in [-0.1, -0.05) is 12.1 Å². The van der Waals surface area contributed by atoms with Crippen LogP contribution < -0.4 is 10.9 Å². The molecule has 0 radical (unpaired) electrons. The van der Waals surface area contributed by atoms with E-state index in [2.05, 4.69) is 10.3 Å². The maximum absolute atomic E-state index is 13.2. The Labute approximate surface area is 175 Å². The summed E-state index contributed by atoms with van der Waals surface area (Å²) in [5.41, 5.74) is 0.495. The second-order valence-corrected chi connectivity index (χ2v) is 7.29. The van der Waals surface area contributed by atoms with Crippen molar-refractivity contribution in [3.63, 3.8) is 0 Å². The van der Waals surface area contributed by atoms with Crippen LogP contribution in [-0.2, 0) is 20.7 Å². The van der Waals surface area contributed by atoms with E-state index in [0.29, 0.717) is 16.7 Å². The topological polar surface area (TPSA) is 90.3 Å². The molecule has 1 N–H and O–H groups in total. The predicted molar refractivity (Wildman–Crippen MR) is 109 cm³/mol. The minimum absolute atomic E-state index is 0.0498. The minimum atomic E-state index is -1.10. The maximum atomic E-state index is 13.2. The number of anilines is 1. The van der Waals surface area contributed by atoms with E-state index in [4.69, 9.17) is 4.74 Å². The Balaban J connectivity index is 1.36. The number of halogens is 2. The SMILES string of the molecule is O=C(COC(=O)CCc1nc2ccccc2c(=O)n1C1CC1)Nc1ccc(F)c(F)c1. The number of fused-ring (bicyclic) bond motifs is 1. The van der Waals surface area contributed by atoms with E-state index in [1.807, 2.05) is 0 Å². The number of carbonyl (C=O) groups excluding carboxylic acids is 2. The molecule has 1 saturated carbocycles. The smallest absolute Gasteiger partial charge is 0.306 e. The van der Waals surface area contributed by atoms with Crippen molar-refractivity contribution in [2.45, 2.75) is 31.7 Å². The molecule has 1 aromatic heterocycles. The van der Waals surface area contributed by atoms with Gasteiger partial charge in [-0.2, -0.15) is 0 Å². The highest BCUT2D eigenvalue weighted by atomic mass is 19.2. The first-order chi connectivity index (χ1) is 14.9. The van der Waals surface area contributed by atoms with Gasteiger partial charge >= 0.3 is 5.97 Å². The number of amides is 1. The molecule has 1 amide bonds. The van der Waals surface area contributed by atoms with Gasteiger partial charge in [-0.05, 0) is 37.1 Å². The number of benzene rings is 2. The maximum Gasteiger partial charge on any atom is 0.306 e. The molecule has 4 rings (SSSR count). The molecule has 0 spiro atoms. The highest BCUT2D eigenvalue weighted by molar-refractivity contribution is 5.92. The van der Waals surface area contributed by atoms with Gasteiger partial charge in [0.05, 0.1) is 17.3 Å². The number of aromatic nitrogens is 2. The number of hydrogen-bond acceptors (Lipinski definition) is 5. The van der Waals surface area contributed by atoms with E-state index in [0.717, 1.165) is 25.0 Å². The first kappa shape index (κ1) is 20.6. The molecule has 3 aromatic rings. The van der Waals surface area contributed by atoms with Crippen molar-refractivity contribution < 1.29 is 23.1 Å². The van der Waals surface area contributed by atoms with Crippen LogP contribution >= 0.6 is 0 Å². The Kier molecular flexibility index (Phi) is 5.75. The number of nitrogens with zero attached hydrogens (tertiary/aromatic N) is 2. The second kappa shape index (κ2) is 8.63. The summed E-state index contributed by atoms with van der Waals surface area (Å²) >= 11 is 0. The van der Waals surface area contributed by atoms with Crippen molar-refractivity contribution in [3.05, 3.63) is 70.3 Å². The van der Waals surface area contributed by atoms with E-state index in [-0.39, 0.29) is 30.1 Å². The fourth-order valence-corrected chi connectivity index (χ4v) is 3.28. The largest absolute Gasteiger partial charge is 0.456 e. The lowest BCUT2D eigenvalue weighted by atomic mass is 10.2. The fraction of sp³-hybridized carbons (Fsp3) is 0.273. The number of carbonyl (C=O) groups is 2. The summed E-state index contributed by atoms with van der Waals surface area (Å²) in [6.07, 6.45) is 1.92. The quantitative estimate of drug-likeness (QED) is 0.585. The monoisotopic (exact) mass is 427 g/mol. The number of ether oxygens (including phenoxy) is 1. The molecule has 9 heteroatoms. The molecule has 2 aromatic carbocycles. The highest BCUT2D eigenvalue weighted by Gasteiger charge is 2.28. The Hall–Kier alpha value is -3.62. The third kappa shape index (κ3) is 4.76. The lowest BCUT2D eigenvalue weighted by Gasteiger charge is -2.12. The fourth-order valence-electron chi connectivity index (χ4n) is 3.28. The first-order valence-electron chi connectivity index (χ1n) is 9.83. The van der Waals surface area contributed by atoms with Crippen LogP contribution in [0.1, 0.15) is 31.1 Å². The van der Waals surface area contributed by atoms with Gasteiger partial charge in [0.1, 0.15) is 5.82 Å². The van der Waals surface area contributed by atoms with Crippen LogP contribution in [0.4, 0.5) is 14.5 Å². The van der Waals surface area contributed by atoms with Crippen LogP contribution in [0.5, 0.6) is 0 Å². The molecule has 1 fully saturated rings. The van der Waals surface area contributed by atoms with Gasteiger partial charge in [0.25, 0.3) is 11.5 Å². The average Bonchev–Trinajstić information content (AvgIpc) is 3.58. The van der Waals surface area contributed by atoms with Gasteiger partial charge in [-0.3, -0.25) is 19.0 Å². The molecular weight excluding hydrogens is 408 g/mol. The third-order valence-electron chi connectivity index (χ3n) is 4.91. The molecule has 1 aliphatic carbocycles. The molecule has 160 valence electrons. The average molecular weight is 427 g/mol. The predicted octanol–water partition coefficient (Wildman–Crippen LogP) is 3.12. The Morgan fingerprint density at radius 3 is 2.65 bits per heavy atom. The zero-order valence-corrected chi connectivity index (χ0v) is 16.4. The minimum Gasteiger partial charge on any atom is -0.456 e. The third-order valence-corrected chi connectivity index (χ3v) is 4.91. The van der Waals surface area contributed by atoms with Crippen molar-refractivity contribution in [1.29, 1.82) is 0 Å². The number of nitrogens with one attached hydrogen (secondary N) is 1. The van der Waals surface area contributed by atoms with Crippen LogP contribution in [0.25, 0.3) is 10.9 Å². The van der Waals surface area contributed by atoms with E-state index in [1.165, 1.54) is 6.07 Å². The molecule has 0 aliphatic heterocycles. The molecule has 0 unspecified atom stereocenters. The standard InChI is InChI=1S/C22H19F2N3O4/c23-16-8-5-13(11-17(16)24)25-20(28)12-31-21(29)10-9-19-26-18-4-2-1-3-15(18)22(30)27(19)14-6-7-14/h1-5,8,11,14H,6-7,9-10,12H2,(H,25,28). The molecule has 1 aliphatic rings. The van der Waals surface area contributed by atoms with Crippen molar-refractivity contribution in [3.8, 4) is 0 Å². The number of hydrogen-bond donors (Lipinski definition) is 1. The summed E-state index contributed by atoms with van der Waals surface area (Å²) in [4.78, 5) is 41.3. The van der Waals surface area contributed by atoms with E-state index in [9.17, 15) is 23.2 Å². The summed E-state index contributed by atoms with van der Waals surface area (Å²) in [6.45, 7) is -0.571. The Morgan fingerprint density at radius 1 is 1.13 bits per heavy atom. The number of rotatable bonds is 7. The Bertz CT molecular complexity index is 1220. The van der Waals surface area contributed by atoms with E-state index in [1.54, 1.807) is 28.8 Å². The lowest BCUT2D eigenvalue weighted by molar-refractivity contribution is -0.147. The van der Waals surface area contributed by atoms with E-state index >= 15 is 0 Å². The van der Waals surface area contributed by atoms with Crippen LogP contribution in [-0.4, -0.2) is 28.0 Å². The van der Waals surface area contributed by atoms with Gasteiger partial charge in [0.15, 0.2) is 18.2 Å². The number of esters is 1. The van der Waals surface area contributed by atoms with Crippen LogP contribution in [0.3, 0.4) is 0 Å². The molecule has 31 heavy (non-hydrogen) atoms. The van der Waals surface area contributed by atoms with Gasteiger partial charge in [0.2, 0.25) is 0 Å². The number of aryl methyl sites for hydroxylation is 1. The normalized spacial score (nSPS) is 13.2. The summed E-state index contributed by atoms with van der Waals surface area (Å²) < 4.78 is 32.7. The molecule has 1 heterocycles. The van der Waals surface area contributed by atoms with Crippen molar-refractivity contribution in [2.75, 3.05) is 11.9 Å². The van der Waals surface area contributed by atoms with E-state index < -0.39 is 30.1 Å². The second-order valence-electron chi connectivity index (χ2n) is 7.29. The van der Waals surface area contributed by atoms with Gasteiger partial charge in [-0.25, -0.2) is 13.8 Å².